The quantitative estimate of drug-likeness (QED) is 0.469. The second kappa shape index (κ2) is 8.41. The molecule has 1 saturated heterocycles. The molecule has 1 aliphatic rings. The van der Waals surface area contributed by atoms with Crippen molar-refractivity contribution < 1.29 is 14.6 Å². The van der Waals surface area contributed by atoms with Crippen LogP contribution in [0.3, 0.4) is 0 Å². The normalized spacial score (nSPS) is 14.9. The van der Waals surface area contributed by atoms with Crippen LogP contribution < -0.4 is 0 Å². The molecule has 3 aromatic carbocycles. The van der Waals surface area contributed by atoms with Crippen LogP contribution in [0.15, 0.2) is 54.6 Å². The topological polar surface area (TPSA) is 54.7 Å². The number of aryl methyl sites for hydroxylation is 1. The fraction of sp³-hybridized carbons (Fsp3) is 0.296. The molecule has 1 aliphatic heterocycles. The highest BCUT2D eigenvalue weighted by Crippen LogP contribution is 2.33. The van der Waals surface area contributed by atoms with Gasteiger partial charge in [0.05, 0.1) is 24.3 Å². The highest BCUT2D eigenvalue weighted by atomic mass is 16.5. The molecular weight excluding hydrogens is 400 g/mol. The van der Waals surface area contributed by atoms with E-state index >= 15 is 0 Å². The van der Waals surface area contributed by atoms with Gasteiger partial charge < -0.3 is 14.4 Å². The van der Waals surface area contributed by atoms with Gasteiger partial charge in [0, 0.05) is 48.9 Å². The zero-order valence-corrected chi connectivity index (χ0v) is 18.6. The van der Waals surface area contributed by atoms with Crippen molar-refractivity contribution in [3.8, 4) is 5.75 Å². The minimum Gasteiger partial charge on any atom is -0.508 e. The molecule has 5 nitrogen and oxygen atoms in total. The SMILES string of the molecule is Cc1ccc(C(=O)c2c(C)n(CCN3CCOCC3)c3cc(O)ccc23)c2ccccc12. The number of rotatable bonds is 5. The van der Waals surface area contributed by atoms with Gasteiger partial charge in [-0.05, 0) is 42.3 Å². The number of fused-ring (bicyclic) bond motifs is 2. The number of carbonyl (C=O) groups excluding carboxylic acids is 1. The molecule has 0 aliphatic carbocycles. The van der Waals surface area contributed by atoms with Gasteiger partial charge in [-0.15, -0.1) is 0 Å². The summed E-state index contributed by atoms with van der Waals surface area (Å²) in [7, 11) is 0. The Morgan fingerprint density at radius 1 is 0.938 bits per heavy atom. The lowest BCUT2D eigenvalue weighted by molar-refractivity contribution is 0.0365. The van der Waals surface area contributed by atoms with Crippen molar-refractivity contribution in [1.29, 1.82) is 0 Å². The van der Waals surface area contributed by atoms with E-state index in [0.717, 1.165) is 83.5 Å². The third-order valence-corrected chi connectivity index (χ3v) is 6.67. The first-order valence-electron chi connectivity index (χ1n) is 11.2. The first kappa shape index (κ1) is 20.7. The van der Waals surface area contributed by atoms with Crippen molar-refractivity contribution >= 4 is 27.5 Å². The average Bonchev–Trinajstić information content (AvgIpc) is 3.08. The Morgan fingerprint density at radius 2 is 1.69 bits per heavy atom. The number of aromatic nitrogens is 1. The zero-order valence-electron chi connectivity index (χ0n) is 18.6. The van der Waals surface area contributed by atoms with Gasteiger partial charge >= 0.3 is 0 Å². The molecule has 4 aromatic rings. The maximum absolute atomic E-state index is 13.9. The summed E-state index contributed by atoms with van der Waals surface area (Å²) in [6.45, 7) is 9.09. The summed E-state index contributed by atoms with van der Waals surface area (Å²) in [5.74, 6) is 0.238. The molecule has 1 aromatic heterocycles. The monoisotopic (exact) mass is 428 g/mol. The van der Waals surface area contributed by atoms with Crippen molar-refractivity contribution in [3.05, 3.63) is 77.0 Å². The second-order valence-corrected chi connectivity index (χ2v) is 8.57. The molecule has 0 amide bonds. The van der Waals surface area contributed by atoms with Gasteiger partial charge in [0.1, 0.15) is 5.75 Å². The Kier molecular flexibility index (Phi) is 5.45. The first-order chi connectivity index (χ1) is 15.5. The molecule has 0 radical (unpaired) electrons. The second-order valence-electron chi connectivity index (χ2n) is 8.57. The fourth-order valence-corrected chi connectivity index (χ4v) is 4.89. The molecule has 0 bridgehead atoms. The number of phenolic OH excluding ortho intramolecular Hbond substituents is 1. The molecular formula is C27H28N2O3. The predicted molar refractivity (Wildman–Crippen MR) is 128 cm³/mol. The maximum Gasteiger partial charge on any atom is 0.196 e. The number of phenols is 1. The summed E-state index contributed by atoms with van der Waals surface area (Å²) in [6.07, 6.45) is 0. The van der Waals surface area contributed by atoms with Crippen LogP contribution >= 0.6 is 0 Å². The smallest absolute Gasteiger partial charge is 0.196 e. The Morgan fingerprint density at radius 3 is 2.47 bits per heavy atom. The van der Waals surface area contributed by atoms with Crippen LogP contribution in [-0.2, 0) is 11.3 Å². The molecule has 0 unspecified atom stereocenters. The van der Waals surface area contributed by atoms with Gasteiger partial charge in [0.2, 0.25) is 0 Å². The number of ketones is 1. The number of aromatic hydroxyl groups is 1. The molecule has 0 atom stereocenters. The van der Waals surface area contributed by atoms with Crippen molar-refractivity contribution in [2.45, 2.75) is 20.4 Å². The molecule has 5 rings (SSSR count). The van der Waals surface area contributed by atoms with Crippen LogP contribution in [-0.4, -0.2) is 53.2 Å². The molecule has 1 N–H and O–H groups in total. The lowest BCUT2D eigenvalue weighted by Crippen LogP contribution is -2.38. The maximum atomic E-state index is 13.9. The Labute approximate surface area is 187 Å². The third-order valence-electron chi connectivity index (χ3n) is 6.67. The molecule has 32 heavy (non-hydrogen) atoms. The highest BCUT2D eigenvalue weighted by Gasteiger charge is 2.23. The van der Waals surface area contributed by atoms with Crippen LogP contribution in [0.5, 0.6) is 5.75 Å². The Balaban J connectivity index is 1.61. The highest BCUT2D eigenvalue weighted by molar-refractivity contribution is 6.22. The standard InChI is InChI=1S/C27H28N2O3/c1-18-7-9-23(22-6-4-3-5-21(18)22)27(31)26-19(2)29(12-11-28-13-15-32-16-14-28)25-17-20(30)8-10-24(25)26/h3-10,17,30H,11-16H2,1-2H3. The summed E-state index contributed by atoms with van der Waals surface area (Å²) in [5, 5.41) is 13.1. The van der Waals surface area contributed by atoms with Crippen LogP contribution in [0.25, 0.3) is 21.7 Å². The largest absolute Gasteiger partial charge is 0.508 e. The molecule has 164 valence electrons. The zero-order chi connectivity index (χ0) is 22.2. The Hall–Kier alpha value is -3.15. The van der Waals surface area contributed by atoms with Gasteiger partial charge in [-0.2, -0.15) is 0 Å². The number of hydrogen-bond acceptors (Lipinski definition) is 4. The number of ether oxygens (including phenoxy) is 1. The summed E-state index contributed by atoms with van der Waals surface area (Å²) in [5.41, 5.74) is 4.43. The van der Waals surface area contributed by atoms with Crippen LogP contribution in [0.4, 0.5) is 0 Å². The van der Waals surface area contributed by atoms with E-state index in [1.807, 2.05) is 43.3 Å². The van der Waals surface area contributed by atoms with E-state index in [-0.39, 0.29) is 11.5 Å². The van der Waals surface area contributed by atoms with Crippen LogP contribution in [0.1, 0.15) is 27.2 Å². The predicted octanol–water partition coefficient (Wildman–Crippen LogP) is 4.68. The lowest BCUT2D eigenvalue weighted by atomic mass is 9.93. The minimum absolute atomic E-state index is 0.0273. The number of hydrogen-bond donors (Lipinski definition) is 1. The summed E-state index contributed by atoms with van der Waals surface area (Å²) < 4.78 is 7.64. The van der Waals surface area contributed by atoms with E-state index < -0.39 is 0 Å². The van der Waals surface area contributed by atoms with E-state index in [1.54, 1.807) is 12.1 Å². The van der Waals surface area contributed by atoms with E-state index in [1.165, 1.54) is 0 Å². The van der Waals surface area contributed by atoms with Gasteiger partial charge in [-0.25, -0.2) is 0 Å². The minimum atomic E-state index is 0.0273. The van der Waals surface area contributed by atoms with Gasteiger partial charge in [-0.3, -0.25) is 9.69 Å². The van der Waals surface area contributed by atoms with Gasteiger partial charge in [0.25, 0.3) is 0 Å². The first-order valence-corrected chi connectivity index (χ1v) is 11.2. The molecule has 1 fully saturated rings. The number of carbonyl (C=O) groups is 1. The molecule has 0 saturated carbocycles. The average molecular weight is 429 g/mol. The van der Waals surface area contributed by atoms with Gasteiger partial charge in [0.15, 0.2) is 5.78 Å². The molecule has 2 heterocycles. The van der Waals surface area contributed by atoms with Crippen molar-refractivity contribution in [1.82, 2.24) is 9.47 Å². The summed E-state index contributed by atoms with van der Waals surface area (Å²) in [6, 6.07) is 17.3. The van der Waals surface area contributed by atoms with Crippen molar-refractivity contribution in [2.75, 3.05) is 32.8 Å². The molecule has 0 spiro atoms. The number of morpholine rings is 1. The Bertz CT molecular complexity index is 1320. The van der Waals surface area contributed by atoms with Crippen LogP contribution in [0, 0.1) is 13.8 Å². The number of benzene rings is 3. The van der Waals surface area contributed by atoms with E-state index in [0.29, 0.717) is 0 Å². The summed E-state index contributed by atoms with van der Waals surface area (Å²) >= 11 is 0. The number of nitrogens with zero attached hydrogens (tertiary/aromatic N) is 2. The van der Waals surface area contributed by atoms with E-state index in [2.05, 4.69) is 22.5 Å². The van der Waals surface area contributed by atoms with Crippen LogP contribution in [0.2, 0.25) is 0 Å². The molecule has 5 heteroatoms. The lowest BCUT2D eigenvalue weighted by Gasteiger charge is -2.27. The summed E-state index contributed by atoms with van der Waals surface area (Å²) in [4.78, 5) is 16.3. The third kappa shape index (κ3) is 3.57. The van der Waals surface area contributed by atoms with Crippen molar-refractivity contribution in [3.63, 3.8) is 0 Å². The van der Waals surface area contributed by atoms with E-state index in [9.17, 15) is 9.90 Å². The van der Waals surface area contributed by atoms with E-state index in [4.69, 9.17) is 4.74 Å². The fourth-order valence-electron chi connectivity index (χ4n) is 4.89. The van der Waals surface area contributed by atoms with Crippen molar-refractivity contribution in [2.24, 2.45) is 0 Å². The van der Waals surface area contributed by atoms with Gasteiger partial charge in [-0.1, -0.05) is 36.4 Å².